The summed E-state index contributed by atoms with van der Waals surface area (Å²) in [4.78, 5) is 4.21. The van der Waals surface area contributed by atoms with Crippen molar-refractivity contribution in [1.29, 1.82) is 0 Å². The van der Waals surface area contributed by atoms with E-state index in [4.69, 9.17) is 14.0 Å². The first-order valence-electron chi connectivity index (χ1n) is 7.84. The standard InChI is InChI=1S/C16H20FN3O3/c1-2-15-19-16(23-20-15)9-18-13-8-11(17)5-6-14(13)22-10-12-4-3-7-21-12/h5-6,8,12,18H,2-4,7,9-10H2,1H3. The molecular formula is C16H20FN3O3. The van der Waals surface area contributed by atoms with E-state index in [2.05, 4.69) is 15.5 Å². The molecule has 6 nitrogen and oxygen atoms in total. The van der Waals surface area contributed by atoms with Gasteiger partial charge in [-0.3, -0.25) is 0 Å². The van der Waals surface area contributed by atoms with Crippen molar-refractivity contribution in [3.8, 4) is 5.75 Å². The van der Waals surface area contributed by atoms with E-state index < -0.39 is 0 Å². The third-order valence-corrected chi connectivity index (χ3v) is 3.65. The molecule has 7 heteroatoms. The average molecular weight is 321 g/mol. The van der Waals surface area contributed by atoms with Gasteiger partial charge in [0, 0.05) is 19.1 Å². The Morgan fingerprint density at radius 2 is 2.35 bits per heavy atom. The second-order valence-electron chi connectivity index (χ2n) is 5.40. The van der Waals surface area contributed by atoms with Crippen molar-refractivity contribution in [2.75, 3.05) is 18.5 Å². The average Bonchev–Trinajstić information content (AvgIpc) is 3.23. The Hall–Kier alpha value is -2.15. The summed E-state index contributed by atoms with van der Waals surface area (Å²) < 4.78 is 29.9. The lowest BCUT2D eigenvalue weighted by atomic mass is 10.2. The third-order valence-electron chi connectivity index (χ3n) is 3.65. The Bertz CT molecular complexity index is 641. The first-order chi connectivity index (χ1) is 11.2. The fraction of sp³-hybridized carbons (Fsp3) is 0.500. The van der Waals surface area contributed by atoms with Crippen LogP contribution in [-0.2, 0) is 17.7 Å². The number of aromatic nitrogens is 2. The first-order valence-corrected chi connectivity index (χ1v) is 7.84. The summed E-state index contributed by atoms with van der Waals surface area (Å²) in [5.74, 6) is 1.35. The van der Waals surface area contributed by atoms with Gasteiger partial charge in [0.05, 0.1) is 18.3 Å². The monoisotopic (exact) mass is 321 g/mol. The molecule has 1 aliphatic heterocycles. The van der Waals surface area contributed by atoms with Crippen molar-refractivity contribution in [3.05, 3.63) is 35.7 Å². The summed E-state index contributed by atoms with van der Waals surface area (Å²) in [6, 6.07) is 4.37. The molecule has 2 aromatic rings. The normalized spacial score (nSPS) is 17.4. The Balaban J connectivity index is 1.63. The maximum Gasteiger partial charge on any atom is 0.245 e. The summed E-state index contributed by atoms with van der Waals surface area (Å²) in [6.07, 6.45) is 2.86. The van der Waals surface area contributed by atoms with Crippen molar-refractivity contribution in [2.24, 2.45) is 0 Å². The zero-order valence-corrected chi connectivity index (χ0v) is 13.0. The van der Waals surface area contributed by atoms with E-state index >= 15 is 0 Å². The van der Waals surface area contributed by atoms with Crippen LogP contribution in [0.1, 0.15) is 31.5 Å². The van der Waals surface area contributed by atoms with Crippen LogP contribution in [0.4, 0.5) is 10.1 Å². The first kappa shape index (κ1) is 15.7. The van der Waals surface area contributed by atoms with Crippen LogP contribution in [0.5, 0.6) is 5.75 Å². The molecule has 0 bridgehead atoms. The number of nitrogens with zero attached hydrogens (tertiary/aromatic N) is 2. The maximum atomic E-state index is 13.5. The topological polar surface area (TPSA) is 69.4 Å². The zero-order valence-electron chi connectivity index (χ0n) is 13.0. The summed E-state index contributed by atoms with van der Waals surface area (Å²) in [5.41, 5.74) is 0.555. The molecule has 124 valence electrons. The zero-order chi connectivity index (χ0) is 16.1. The van der Waals surface area contributed by atoms with Crippen LogP contribution in [0, 0.1) is 5.82 Å². The lowest BCUT2D eigenvalue weighted by Gasteiger charge is -2.15. The van der Waals surface area contributed by atoms with Crippen molar-refractivity contribution in [2.45, 2.75) is 38.8 Å². The summed E-state index contributed by atoms with van der Waals surface area (Å²) in [7, 11) is 0. The minimum atomic E-state index is -0.336. The number of aryl methyl sites for hydroxylation is 1. The number of rotatable bonds is 7. The second-order valence-corrected chi connectivity index (χ2v) is 5.40. The molecule has 1 saturated heterocycles. The molecule has 23 heavy (non-hydrogen) atoms. The molecule has 1 fully saturated rings. The highest BCUT2D eigenvalue weighted by Gasteiger charge is 2.17. The summed E-state index contributed by atoms with van der Waals surface area (Å²) in [5, 5.41) is 6.91. The van der Waals surface area contributed by atoms with Gasteiger partial charge in [-0.2, -0.15) is 4.98 Å². The molecular weight excluding hydrogens is 301 g/mol. The molecule has 1 atom stereocenters. The minimum Gasteiger partial charge on any atom is -0.489 e. The van der Waals surface area contributed by atoms with Crippen LogP contribution in [0.15, 0.2) is 22.7 Å². The summed E-state index contributed by atoms with van der Waals surface area (Å²) >= 11 is 0. The van der Waals surface area contributed by atoms with Gasteiger partial charge in [0.15, 0.2) is 5.82 Å². The predicted molar refractivity (Wildman–Crippen MR) is 81.9 cm³/mol. The number of hydrogen-bond acceptors (Lipinski definition) is 6. The van der Waals surface area contributed by atoms with Crippen LogP contribution in [0.25, 0.3) is 0 Å². The molecule has 1 aromatic carbocycles. The van der Waals surface area contributed by atoms with Crippen molar-refractivity contribution in [1.82, 2.24) is 10.1 Å². The van der Waals surface area contributed by atoms with Gasteiger partial charge in [0.1, 0.15) is 18.2 Å². The Morgan fingerprint density at radius 3 is 3.09 bits per heavy atom. The number of nitrogens with one attached hydrogen (secondary N) is 1. The SMILES string of the molecule is CCc1noc(CNc2cc(F)ccc2OCC2CCCO2)n1. The Morgan fingerprint density at radius 1 is 1.43 bits per heavy atom. The summed E-state index contributed by atoms with van der Waals surface area (Å²) in [6.45, 7) is 3.50. The van der Waals surface area contributed by atoms with Crippen LogP contribution in [0.3, 0.4) is 0 Å². The predicted octanol–water partition coefficient (Wildman–Crippen LogP) is 2.94. The van der Waals surface area contributed by atoms with Crippen molar-refractivity contribution in [3.63, 3.8) is 0 Å². The van der Waals surface area contributed by atoms with Gasteiger partial charge in [-0.15, -0.1) is 0 Å². The van der Waals surface area contributed by atoms with Gasteiger partial charge in [-0.25, -0.2) is 4.39 Å². The minimum absolute atomic E-state index is 0.107. The molecule has 1 unspecified atom stereocenters. The molecule has 1 N–H and O–H groups in total. The molecule has 0 saturated carbocycles. The van der Waals surface area contributed by atoms with Gasteiger partial charge in [-0.05, 0) is 25.0 Å². The number of halogens is 1. The van der Waals surface area contributed by atoms with Gasteiger partial charge in [0.2, 0.25) is 5.89 Å². The highest BCUT2D eigenvalue weighted by atomic mass is 19.1. The molecule has 0 amide bonds. The highest BCUT2D eigenvalue weighted by Crippen LogP contribution is 2.27. The second kappa shape index (κ2) is 7.41. The fourth-order valence-corrected chi connectivity index (χ4v) is 2.40. The maximum absolute atomic E-state index is 13.5. The van der Waals surface area contributed by atoms with Crippen LogP contribution < -0.4 is 10.1 Å². The third kappa shape index (κ3) is 4.19. The van der Waals surface area contributed by atoms with E-state index in [1.807, 2.05) is 6.92 Å². The molecule has 3 rings (SSSR count). The van der Waals surface area contributed by atoms with Crippen LogP contribution >= 0.6 is 0 Å². The van der Waals surface area contributed by atoms with Gasteiger partial charge in [-0.1, -0.05) is 12.1 Å². The van der Waals surface area contributed by atoms with Crippen LogP contribution in [-0.4, -0.2) is 29.5 Å². The number of benzene rings is 1. The molecule has 2 heterocycles. The molecule has 0 aliphatic carbocycles. The van der Waals surface area contributed by atoms with E-state index in [1.165, 1.54) is 12.1 Å². The van der Waals surface area contributed by atoms with Crippen molar-refractivity contribution < 1.29 is 18.4 Å². The largest absolute Gasteiger partial charge is 0.489 e. The lowest BCUT2D eigenvalue weighted by molar-refractivity contribution is 0.0681. The van der Waals surface area contributed by atoms with E-state index in [-0.39, 0.29) is 11.9 Å². The quantitative estimate of drug-likeness (QED) is 0.845. The van der Waals surface area contributed by atoms with Gasteiger partial charge in [0.25, 0.3) is 0 Å². The Kier molecular flexibility index (Phi) is 5.07. The number of hydrogen-bond donors (Lipinski definition) is 1. The van der Waals surface area contributed by atoms with Gasteiger partial charge >= 0.3 is 0 Å². The van der Waals surface area contributed by atoms with Crippen molar-refractivity contribution >= 4 is 5.69 Å². The molecule has 1 aliphatic rings. The number of anilines is 1. The fourth-order valence-electron chi connectivity index (χ4n) is 2.40. The Labute approximate surface area is 134 Å². The van der Waals surface area contributed by atoms with E-state index in [1.54, 1.807) is 6.07 Å². The van der Waals surface area contributed by atoms with E-state index in [9.17, 15) is 4.39 Å². The molecule has 1 aromatic heterocycles. The van der Waals surface area contributed by atoms with E-state index in [0.29, 0.717) is 42.7 Å². The molecule has 0 spiro atoms. The highest BCUT2D eigenvalue weighted by molar-refractivity contribution is 5.56. The lowest BCUT2D eigenvalue weighted by Crippen LogP contribution is -2.17. The number of ether oxygens (including phenoxy) is 2. The van der Waals surface area contributed by atoms with Gasteiger partial charge < -0.3 is 19.3 Å². The smallest absolute Gasteiger partial charge is 0.245 e. The van der Waals surface area contributed by atoms with E-state index in [0.717, 1.165) is 19.4 Å². The van der Waals surface area contributed by atoms with Crippen LogP contribution in [0.2, 0.25) is 0 Å². The molecule has 0 radical (unpaired) electrons.